The van der Waals surface area contributed by atoms with Crippen molar-refractivity contribution in [1.29, 1.82) is 0 Å². The maximum atomic E-state index is 12.5. The molecule has 4 nitrogen and oxygen atoms in total. The number of aliphatic hydroxyl groups is 2. The summed E-state index contributed by atoms with van der Waals surface area (Å²) in [5.41, 5.74) is 0. The van der Waals surface area contributed by atoms with Crippen molar-refractivity contribution in [2.75, 3.05) is 6.61 Å². The molecule has 446 valence electrons. The van der Waals surface area contributed by atoms with E-state index in [0.717, 1.165) is 70.6 Å². The fraction of sp³-hybridized carbons (Fsp3) is 0.767. The average molecular weight is 1070 g/mol. The Morgan fingerprint density at radius 1 is 0.325 bits per heavy atom. The summed E-state index contributed by atoms with van der Waals surface area (Å²) in [6.07, 6.45) is 101. The highest BCUT2D eigenvalue weighted by Gasteiger charge is 2.18. The topological polar surface area (TPSA) is 69.6 Å². The molecule has 0 aliphatic carbocycles. The molecule has 0 rings (SSSR count). The number of aliphatic hydroxyl groups excluding tert-OH is 2. The molecule has 0 aromatic rings. The Morgan fingerprint density at radius 3 is 0.909 bits per heavy atom. The predicted molar refractivity (Wildman–Crippen MR) is 345 cm³/mol. The highest BCUT2D eigenvalue weighted by molar-refractivity contribution is 5.76. The van der Waals surface area contributed by atoms with Gasteiger partial charge in [-0.1, -0.05) is 349 Å². The Bertz CT molecular complexity index is 1400. The van der Waals surface area contributed by atoms with Gasteiger partial charge in [-0.05, 0) is 83.5 Å². The summed E-state index contributed by atoms with van der Waals surface area (Å²) in [6, 6.07) is -0.644. The molecule has 0 aliphatic rings. The Kier molecular flexibility index (Phi) is 65.2. The van der Waals surface area contributed by atoms with Gasteiger partial charge in [0.25, 0.3) is 0 Å². The van der Waals surface area contributed by atoms with Crippen LogP contribution in [0.25, 0.3) is 0 Å². The zero-order chi connectivity index (χ0) is 55.5. The van der Waals surface area contributed by atoms with Crippen LogP contribution in [0.3, 0.4) is 0 Å². The highest BCUT2D eigenvalue weighted by Crippen LogP contribution is 2.18. The van der Waals surface area contributed by atoms with Crippen LogP contribution in [0.1, 0.15) is 341 Å². The van der Waals surface area contributed by atoms with Crippen molar-refractivity contribution in [3.63, 3.8) is 0 Å². The summed E-state index contributed by atoms with van der Waals surface area (Å²) in [7, 11) is 0. The van der Waals surface area contributed by atoms with E-state index in [0.29, 0.717) is 6.42 Å². The zero-order valence-electron chi connectivity index (χ0n) is 51.5. The average Bonchev–Trinajstić information content (AvgIpc) is 3.43. The molecule has 0 aromatic heterocycles. The first-order valence-corrected chi connectivity index (χ1v) is 34.0. The Morgan fingerprint density at radius 2 is 0.584 bits per heavy atom. The fourth-order valence-electron chi connectivity index (χ4n) is 10.2. The van der Waals surface area contributed by atoms with Crippen molar-refractivity contribution < 1.29 is 15.0 Å². The van der Waals surface area contributed by atoms with Gasteiger partial charge < -0.3 is 15.5 Å². The molecule has 3 N–H and O–H groups in total. The molecule has 2 unspecified atom stereocenters. The van der Waals surface area contributed by atoms with E-state index in [9.17, 15) is 15.0 Å². The summed E-state index contributed by atoms with van der Waals surface area (Å²) in [5, 5.41) is 23.3. The van der Waals surface area contributed by atoms with Crippen LogP contribution in [0, 0.1) is 0 Å². The van der Waals surface area contributed by atoms with Crippen LogP contribution in [0.5, 0.6) is 0 Å². The van der Waals surface area contributed by atoms with E-state index < -0.39 is 12.1 Å². The molecule has 0 bridgehead atoms. The second-order valence-electron chi connectivity index (χ2n) is 22.9. The Labute approximate surface area is 481 Å². The number of unbranched alkanes of at least 4 members (excludes halogenated alkanes) is 41. The van der Waals surface area contributed by atoms with E-state index in [1.807, 2.05) is 6.08 Å². The monoisotopic (exact) mass is 1070 g/mol. The molecule has 0 saturated heterocycles. The summed E-state index contributed by atoms with van der Waals surface area (Å²) in [6.45, 7) is 4.21. The lowest BCUT2D eigenvalue weighted by Gasteiger charge is -2.19. The molecule has 0 radical (unpaired) electrons. The van der Waals surface area contributed by atoms with E-state index in [-0.39, 0.29) is 12.5 Å². The van der Waals surface area contributed by atoms with Gasteiger partial charge in [-0.15, -0.1) is 0 Å². The fourth-order valence-corrected chi connectivity index (χ4v) is 10.2. The number of hydrogen-bond acceptors (Lipinski definition) is 3. The molecule has 0 fully saturated rings. The standard InChI is InChI=1S/C73H131NO3/c1-3-5-7-9-11-13-15-17-19-21-23-25-27-29-31-33-34-35-36-37-38-39-40-41-43-45-47-49-51-53-55-57-59-61-63-65-67-69-73(77)74-71(70-75)72(76)68-66-64-62-60-58-56-54-52-50-48-46-44-42-32-30-28-26-24-22-20-18-16-14-12-10-8-6-4-2/h5,7,11,13,17,19,23,25,29,31,34-35,58,60,66,68,71-72,75-76H,3-4,6,8-10,12,14-16,18,20-22,24,26-28,30,32-33,36-57,59,61-65,67,69-70H2,1-2H3,(H,74,77)/b7-5-,13-11-,19-17-,25-23-,31-29-,35-34-,60-58+,68-66+. The molecule has 4 heteroatoms. The van der Waals surface area contributed by atoms with Gasteiger partial charge in [0.05, 0.1) is 18.8 Å². The number of carbonyl (C=O) groups excluding carboxylic acids is 1. The molecule has 0 heterocycles. The van der Waals surface area contributed by atoms with Crippen LogP contribution >= 0.6 is 0 Å². The first-order chi connectivity index (χ1) is 38.2. The maximum Gasteiger partial charge on any atom is 0.220 e. The largest absolute Gasteiger partial charge is 0.394 e. The lowest BCUT2D eigenvalue weighted by atomic mass is 10.0. The van der Waals surface area contributed by atoms with Gasteiger partial charge in [-0.25, -0.2) is 0 Å². The van der Waals surface area contributed by atoms with Gasteiger partial charge in [0, 0.05) is 6.42 Å². The van der Waals surface area contributed by atoms with Crippen molar-refractivity contribution in [1.82, 2.24) is 5.32 Å². The van der Waals surface area contributed by atoms with Gasteiger partial charge in [0.2, 0.25) is 5.91 Å². The second kappa shape index (κ2) is 67.6. The predicted octanol–water partition coefficient (Wildman–Crippen LogP) is 23.2. The molecule has 0 aromatic carbocycles. The molecule has 0 saturated carbocycles. The van der Waals surface area contributed by atoms with E-state index in [1.54, 1.807) is 6.08 Å². The number of rotatable bonds is 62. The van der Waals surface area contributed by atoms with Gasteiger partial charge in [-0.3, -0.25) is 4.79 Å². The Balaban J connectivity index is 3.50. The summed E-state index contributed by atoms with van der Waals surface area (Å²) < 4.78 is 0. The molecule has 2 atom stereocenters. The first kappa shape index (κ1) is 74.3. The van der Waals surface area contributed by atoms with Crippen LogP contribution in [-0.2, 0) is 4.79 Å². The summed E-state index contributed by atoms with van der Waals surface area (Å²) in [4.78, 5) is 12.5. The van der Waals surface area contributed by atoms with Crippen molar-refractivity contribution in [3.8, 4) is 0 Å². The highest BCUT2D eigenvalue weighted by atomic mass is 16.3. The van der Waals surface area contributed by atoms with Crippen LogP contribution in [0.4, 0.5) is 0 Å². The normalized spacial score (nSPS) is 13.4. The van der Waals surface area contributed by atoms with Gasteiger partial charge in [0.1, 0.15) is 0 Å². The Hall–Kier alpha value is -2.69. The third-order valence-electron chi connectivity index (χ3n) is 15.3. The van der Waals surface area contributed by atoms with Crippen molar-refractivity contribution in [3.05, 3.63) is 97.2 Å². The second-order valence-corrected chi connectivity index (χ2v) is 22.9. The number of amides is 1. The molecule has 0 spiro atoms. The third-order valence-corrected chi connectivity index (χ3v) is 15.3. The van der Waals surface area contributed by atoms with E-state index in [4.69, 9.17) is 0 Å². The maximum absolute atomic E-state index is 12.5. The number of allylic oxidation sites excluding steroid dienone is 15. The number of carbonyl (C=O) groups is 1. The molecule has 77 heavy (non-hydrogen) atoms. The quantitative estimate of drug-likeness (QED) is 0.0420. The van der Waals surface area contributed by atoms with E-state index in [2.05, 4.69) is 104 Å². The molecule has 1 amide bonds. The van der Waals surface area contributed by atoms with Gasteiger partial charge >= 0.3 is 0 Å². The molecular formula is C73H131NO3. The zero-order valence-corrected chi connectivity index (χ0v) is 51.5. The van der Waals surface area contributed by atoms with Crippen molar-refractivity contribution in [2.45, 2.75) is 353 Å². The lowest BCUT2D eigenvalue weighted by Crippen LogP contribution is -2.45. The van der Waals surface area contributed by atoms with Crippen molar-refractivity contribution >= 4 is 5.91 Å². The molecule has 0 aliphatic heterocycles. The molecular weight excluding hydrogens is 939 g/mol. The minimum Gasteiger partial charge on any atom is -0.394 e. The van der Waals surface area contributed by atoms with Gasteiger partial charge in [0.15, 0.2) is 0 Å². The van der Waals surface area contributed by atoms with Crippen LogP contribution in [0.2, 0.25) is 0 Å². The lowest BCUT2D eigenvalue weighted by molar-refractivity contribution is -0.123. The minimum absolute atomic E-state index is 0.0711. The third kappa shape index (κ3) is 64.0. The van der Waals surface area contributed by atoms with Crippen molar-refractivity contribution in [2.24, 2.45) is 0 Å². The summed E-state index contributed by atoms with van der Waals surface area (Å²) >= 11 is 0. The van der Waals surface area contributed by atoms with Crippen LogP contribution in [-0.4, -0.2) is 34.9 Å². The number of hydrogen-bond donors (Lipinski definition) is 3. The number of nitrogens with one attached hydrogen (secondary N) is 1. The SMILES string of the molecule is CC/C=C\C/C=C\C/C=C\C/C=C\C/C=C\C/C=C\CCCCCCCCCCCCCCCCCCCCC(=O)NC(CO)C(O)/C=C/CC/C=C/CCCCCCCCCCCCCCCCCCCCCCCC. The first-order valence-electron chi connectivity index (χ1n) is 34.0. The van der Waals surface area contributed by atoms with E-state index in [1.165, 1.54) is 250 Å². The van der Waals surface area contributed by atoms with E-state index >= 15 is 0 Å². The minimum atomic E-state index is -0.867. The smallest absolute Gasteiger partial charge is 0.220 e. The van der Waals surface area contributed by atoms with Crippen LogP contribution < -0.4 is 5.32 Å². The van der Waals surface area contributed by atoms with Crippen LogP contribution in [0.15, 0.2) is 97.2 Å². The summed E-state index contributed by atoms with van der Waals surface area (Å²) in [5.74, 6) is -0.0711. The van der Waals surface area contributed by atoms with Gasteiger partial charge in [-0.2, -0.15) is 0 Å².